The van der Waals surface area contributed by atoms with E-state index in [1.165, 1.54) is 24.3 Å². The second-order valence-corrected chi connectivity index (χ2v) is 7.18. The number of carbonyl (C=O) groups is 2. The van der Waals surface area contributed by atoms with Gasteiger partial charge in [0.1, 0.15) is 11.6 Å². The van der Waals surface area contributed by atoms with Gasteiger partial charge in [-0.1, -0.05) is 24.3 Å². The predicted molar refractivity (Wildman–Crippen MR) is 115 cm³/mol. The number of rotatable bonds is 8. The highest BCUT2D eigenvalue weighted by Crippen LogP contribution is 2.18. The van der Waals surface area contributed by atoms with Gasteiger partial charge in [-0.15, -0.1) is 0 Å². The van der Waals surface area contributed by atoms with Crippen LogP contribution in [0.15, 0.2) is 48.5 Å². The number of hydrogen-bond donors (Lipinski definition) is 2. The van der Waals surface area contributed by atoms with E-state index in [1.54, 1.807) is 28.9 Å². The van der Waals surface area contributed by atoms with Gasteiger partial charge in [0, 0.05) is 25.1 Å². The average Bonchev–Trinajstić information content (AvgIpc) is 3.01. The van der Waals surface area contributed by atoms with Crippen molar-refractivity contribution in [2.24, 2.45) is 0 Å². The second-order valence-electron chi connectivity index (χ2n) is 7.18. The first-order valence-electron chi connectivity index (χ1n) is 9.97. The van der Waals surface area contributed by atoms with Gasteiger partial charge < -0.3 is 10.6 Å². The van der Waals surface area contributed by atoms with Crippen LogP contribution in [-0.4, -0.2) is 21.6 Å². The number of hydrogen-bond acceptors (Lipinski definition) is 3. The maximum Gasteiger partial charge on any atom is 0.226 e. The van der Waals surface area contributed by atoms with E-state index in [1.807, 2.05) is 13.8 Å². The standard InChI is InChI=1S/C23H24F2N4O2/c1-15-17(11-12-22(30)26-20-9-5-3-7-18(20)24)16(2)29(28-15)14-13-23(31)27-21-10-6-4-8-19(21)25/h3-10H,11-14H2,1-2H3,(H,26,30)(H,27,31). The number of amides is 2. The third-order valence-corrected chi connectivity index (χ3v) is 4.98. The Morgan fingerprint density at radius 2 is 1.39 bits per heavy atom. The van der Waals surface area contributed by atoms with Gasteiger partial charge in [-0.2, -0.15) is 5.10 Å². The van der Waals surface area contributed by atoms with Crippen molar-refractivity contribution in [3.05, 3.63) is 77.1 Å². The highest BCUT2D eigenvalue weighted by atomic mass is 19.1. The summed E-state index contributed by atoms with van der Waals surface area (Å²) in [5.41, 5.74) is 2.83. The summed E-state index contributed by atoms with van der Waals surface area (Å²) in [5, 5.41) is 9.57. The number of carbonyl (C=O) groups excluding carboxylic acids is 2. The lowest BCUT2D eigenvalue weighted by molar-refractivity contribution is -0.117. The number of halogens is 2. The number of nitrogens with one attached hydrogen (secondary N) is 2. The van der Waals surface area contributed by atoms with Gasteiger partial charge in [0.05, 0.1) is 17.1 Å². The minimum Gasteiger partial charge on any atom is -0.324 e. The Labute approximate surface area is 179 Å². The molecule has 31 heavy (non-hydrogen) atoms. The van der Waals surface area contributed by atoms with Crippen LogP contribution in [0, 0.1) is 25.5 Å². The number of benzene rings is 2. The van der Waals surface area contributed by atoms with Gasteiger partial charge in [-0.3, -0.25) is 14.3 Å². The van der Waals surface area contributed by atoms with E-state index in [2.05, 4.69) is 15.7 Å². The number of anilines is 2. The van der Waals surface area contributed by atoms with Gasteiger partial charge >= 0.3 is 0 Å². The van der Waals surface area contributed by atoms with E-state index >= 15 is 0 Å². The Kier molecular flexibility index (Phi) is 7.12. The fraction of sp³-hybridized carbons (Fsp3) is 0.261. The van der Waals surface area contributed by atoms with Crippen LogP contribution in [0.3, 0.4) is 0 Å². The van der Waals surface area contributed by atoms with Gasteiger partial charge in [-0.05, 0) is 50.1 Å². The molecule has 2 N–H and O–H groups in total. The predicted octanol–water partition coefficient (Wildman–Crippen LogP) is 4.38. The van der Waals surface area contributed by atoms with Gasteiger partial charge in [0.15, 0.2) is 0 Å². The number of nitrogens with zero attached hydrogens (tertiary/aromatic N) is 2. The van der Waals surface area contributed by atoms with E-state index in [4.69, 9.17) is 0 Å². The Hall–Kier alpha value is -3.55. The zero-order chi connectivity index (χ0) is 22.4. The Morgan fingerprint density at radius 1 is 0.871 bits per heavy atom. The summed E-state index contributed by atoms with van der Waals surface area (Å²) in [7, 11) is 0. The smallest absolute Gasteiger partial charge is 0.226 e. The fourth-order valence-corrected chi connectivity index (χ4v) is 3.31. The summed E-state index contributed by atoms with van der Waals surface area (Å²) in [6.45, 7) is 4.04. The largest absolute Gasteiger partial charge is 0.324 e. The third kappa shape index (κ3) is 5.75. The van der Waals surface area contributed by atoms with Crippen molar-refractivity contribution in [2.45, 2.75) is 39.7 Å². The number of para-hydroxylation sites is 2. The molecule has 0 aliphatic heterocycles. The van der Waals surface area contributed by atoms with Gasteiger partial charge in [0.25, 0.3) is 0 Å². The van der Waals surface area contributed by atoms with E-state index in [0.29, 0.717) is 13.0 Å². The van der Waals surface area contributed by atoms with Crippen molar-refractivity contribution in [3.8, 4) is 0 Å². The Bertz CT molecular complexity index is 1090. The zero-order valence-corrected chi connectivity index (χ0v) is 17.4. The first-order valence-corrected chi connectivity index (χ1v) is 9.97. The lowest BCUT2D eigenvalue weighted by Gasteiger charge is -2.08. The maximum atomic E-state index is 13.7. The van der Waals surface area contributed by atoms with Crippen molar-refractivity contribution in [2.75, 3.05) is 10.6 Å². The number of aromatic nitrogens is 2. The first-order chi connectivity index (χ1) is 14.8. The number of aryl methyl sites for hydroxylation is 2. The SMILES string of the molecule is Cc1nn(CCC(=O)Nc2ccccc2F)c(C)c1CCC(=O)Nc1ccccc1F. The van der Waals surface area contributed by atoms with Gasteiger partial charge in [-0.25, -0.2) is 8.78 Å². The summed E-state index contributed by atoms with van der Waals surface area (Å²) >= 11 is 0. The molecule has 0 atom stereocenters. The van der Waals surface area contributed by atoms with Crippen LogP contribution in [0.1, 0.15) is 29.8 Å². The average molecular weight is 426 g/mol. The molecule has 0 aliphatic carbocycles. The molecule has 0 aliphatic rings. The molecule has 2 amide bonds. The van der Waals surface area contributed by atoms with Crippen molar-refractivity contribution >= 4 is 23.2 Å². The molecule has 8 heteroatoms. The van der Waals surface area contributed by atoms with Crippen LogP contribution in [0.4, 0.5) is 20.2 Å². The minimum absolute atomic E-state index is 0.128. The van der Waals surface area contributed by atoms with Crippen LogP contribution in [-0.2, 0) is 22.6 Å². The molecular formula is C23H24F2N4O2. The molecule has 162 valence electrons. The van der Waals surface area contributed by atoms with E-state index < -0.39 is 11.6 Å². The summed E-state index contributed by atoms with van der Waals surface area (Å²) in [6.07, 6.45) is 0.748. The summed E-state index contributed by atoms with van der Waals surface area (Å²) in [4.78, 5) is 24.3. The zero-order valence-electron chi connectivity index (χ0n) is 17.4. The van der Waals surface area contributed by atoms with Crippen molar-refractivity contribution in [1.29, 1.82) is 0 Å². The quantitative estimate of drug-likeness (QED) is 0.561. The molecule has 3 rings (SSSR count). The monoisotopic (exact) mass is 426 g/mol. The molecule has 1 aromatic heterocycles. The normalized spacial score (nSPS) is 10.7. The van der Waals surface area contributed by atoms with E-state index in [-0.39, 0.29) is 36.0 Å². The molecule has 0 radical (unpaired) electrons. The van der Waals surface area contributed by atoms with Gasteiger partial charge in [0.2, 0.25) is 11.8 Å². The van der Waals surface area contributed by atoms with Crippen LogP contribution >= 0.6 is 0 Å². The molecule has 0 fully saturated rings. The van der Waals surface area contributed by atoms with Crippen LogP contribution in [0.25, 0.3) is 0 Å². The highest BCUT2D eigenvalue weighted by Gasteiger charge is 2.15. The molecule has 2 aromatic carbocycles. The Morgan fingerprint density at radius 3 is 1.94 bits per heavy atom. The minimum atomic E-state index is -0.488. The fourth-order valence-electron chi connectivity index (χ4n) is 3.31. The third-order valence-electron chi connectivity index (χ3n) is 4.98. The molecule has 0 bridgehead atoms. The van der Waals surface area contributed by atoms with E-state index in [9.17, 15) is 18.4 Å². The Balaban J connectivity index is 1.55. The topological polar surface area (TPSA) is 76.0 Å². The lowest BCUT2D eigenvalue weighted by atomic mass is 10.1. The van der Waals surface area contributed by atoms with Crippen molar-refractivity contribution in [1.82, 2.24) is 9.78 Å². The molecule has 1 heterocycles. The molecule has 0 saturated carbocycles. The molecular weight excluding hydrogens is 402 g/mol. The molecule has 0 spiro atoms. The van der Waals surface area contributed by atoms with Crippen LogP contribution in [0.2, 0.25) is 0 Å². The highest BCUT2D eigenvalue weighted by molar-refractivity contribution is 5.91. The molecule has 0 unspecified atom stereocenters. The molecule has 3 aromatic rings. The summed E-state index contributed by atoms with van der Waals surface area (Å²) in [5.74, 6) is -1.58. The molecule has 0 saturated heterocycles. The first kappa shape index (κ1) is 22.1. The van der Waals surface area contributed by atoms with E-state index in [0.717, 1.165) is 17.0 Å². The molecule has 6 nitrogen and oxygen atoms in total. The van der Waals surface area contributed by atoms with Crippen LogP contribution in [0.5, 0.6) is 0 Å². The van der Waals surface area contributed by atoms with Crippen molar-refractivity contribution < 1.29 is 18.4 Å². The maximum absolute atomic E-state index is 13.7. The lowest BCUT2D eigenvalue weighted by Crippen LogP contribution is -2.16. The second kappa shape index (κ2) is 9.97. The van der Waals surface area contributed by atoms with Crippen molar-refractivity contribution in [3.63, 3.8) is 0 Å². The van der Waals surface area contributed by atoms with Crippen LogP contribution < -0.4 is 10.6 Å². The summed E-state index contributed by atoms with van der Waals surface area (Å²) < 4.78 is 29.0. The summed E-state index contributed by atoms with van der Waals surface area (Å²) in [6, 6.07) is 12.0.